The lowest BCUT2D eigenvalue weighted by molar-refractivity contribution is -0.384. The van der Waals surface area contributed by atoms with Gasteiger partial charge in [-0.2, -0.15) is 0 Å². The minimum Gasteiger partial charge on any atom is -0.351 e. The zero-order chi connectivity index (χ0) is 27.7. The van der Waals surface area contributed by atoms with Crippen molar-refractivity contribution in [3.63, 3.8) is 0 Å². The van der Waals surface area contributed by atoms with Crippen LogP contribution < -0.4 is 15.5 Å². The van der Waals surface area contributed by atoms with E-state index in [2.05, 4.69) is 15.6 Å². The van der Waals surface area contributed by atoms with E-state index in [9.17, 15) is 14.9 Å². The van der Waals surface area contributed by atoms with Crippen LogP contribution in [0.1, 0.15) is 37.3 Å². The minimum absolute atomic E-state index is 0.0171. The number of nitro groups is 1. The van der Waals surface area contributed by atoms with Crippen molar-refractivity contribution >= 4 is 51.9 Å². The monoisotopic (exact) mass is 560 g/mol. The molecular formula is C28H25ClN6O3S. The average Bonchev–Trinajstić information content (AvgIpc) is 3.54. The van der Waals surface area contributed by atoms with Crippen LogP contribution in [0, 0.1) is 16.0 Å². The molecule has 4 aromatic rings. The van der Waals surface area contributed by atoms with Gasteiger partial charge in [0, 0.05) is 47.5 Å². The second-order valence-electron chi connectivity index (χ2n) is 9.38. The van der Waals surface area contributed by atoms with E-state index in [1.807, 2.05) is 65.9 Å². The highest BCUT2D eigenvalue weighted by Gasteiger charge is 2.42. The number of nitro benzene ring substituents is 1. The number of carbonyl (C=O) groups excluding carboxylic acids is 1. The van der Waals surface area contributed by atoms with Crippen LogP contribution in [-0.2, 0) is 4.79 Å². The van der Waals surface area contributed by atoms with E-state index in [1.54, 1.807) is 30.5 Å². The number of nitrogens with one attached hydrogen (secondary N) is 2. The van der Waals surface area contributed by atoms with Gasteiger partial charge >= 0.3 is 0 Å². The number of amides is 1. The van der Waals surface area contributed by atoms with E-state index in [4.69, 9.17) is 23.8 Å². The number of carbonyl (C=O) groups is 1. The predicted octanol–water partition coefficient (Wildman–Crippen LogP) is 6.21. The molecule has 0 saturated carbocycles. The Labute approximate surface area is 235 Å². The molecule has 1 saturated heterocycles. The van der Waals surface area contributed by atoms with Gasteiger partial charge in [0.2, 0.25) is 5.91 Å². The average molecular weight is 561 g/mol. The molecule has 0 spiro atoms. The first-order valence-corrected chi connectivity index (χ1v) is 13.1. The van der Waals surface area contributed by atoms with Gasteiger partial charge in [0.15, 0.2) is 5.11 Å². The first kappa shape index (κ1) is 26.3. The molecule has 2 aromatic heterocycles. The number of non-ortho nitro benzene ring substituents is 1. The number of hydrogen-bond donors (Lipinski definition) is 2. The number of pyridine rings is 1. The van der Waals surface area contributed by atoms with Crippen LogP contribution >= 0.6 is 23.8 Å². The van der Waals surface area contributed by atoms with E-state index in [0.29, 0.717) is 15.8 Å². The Hall–Kier alpha value is -4.28. The summed E-state index contributed by atoms with van der Waals surface area (Å²) < 4.78 is 1.98. The highest BCUT2D eigenvalue weighted by molar-refractivity contribution is 7.80. The van der Waals surface area contributed by atoms with Crippen LogP contribution in [-0.4, -0.2) is 25.5 Å². The topological polar surface area (TPSA) is 105 Å². The van der Waals surface area contributed by atoms with E-state index >= 15 is 0 Å². The summed E-state index contributed by atoms with van der Waals surface area (Å²) in [7, 11) is 0. The molecule has 1 amide bonds. The van der Waals surface area contributed by atoms with E-state index < -0.39 is 4.92 Å². The molecule has 3 heterocycles. The van der Waals surface area contributed by atoms with E-state index in [1.165, 1.54) is 12.1 Å². The highest BCUT2D eigenvalue weighted by Crippen LogP contribution is 2.43. The molecule has 0 bridgehead atoms. The summed E-state index contributed by atoms with van der Waals surface area (Å²) in [6.45, 7) is 3.63. The van der Waals surface area contributed by atoms with Crippen LogP contribution in [0.5, 0.6) is 0 Å². The lowest BCUT2D eigenvalue weighted by Gasteiger charge is -2.29. The third kappa shape index (κ3) is 5.21. The number of benzene rings is 2. The van der Waals surface area contributed by atoms with Crippen LogP contribution in [0.4, 0.5) is 17.1 Å². The van der Waals surface area contributed by atoms with Gasteiger partial charge in [-0.15, -0.1) is 0 Å². The lowest BCUT2D eigenvalue weighted by Crippen LogP contribution is -2.30. The van der Waals surface area contributed by atoms with Crippen LogP contribution in [0.2, 0.25) is 5.02 Å². The molecule has 198 valence electrons. The molecule has 2 aromatic carbocycles. The van der Waals surface area contributed by atoms with Crippen molar-refractivity contribution in [3.05, 3.63) is 112 Å². The van der Waals surface area contributed by atoms with Gasteiger partial charge in [0.1, 0.15) is 6.04 Å². The number of halogens is 1. The summed E-state index contributed by atoms with van der Waals surface area (Å²) in [4.78, 5) is 29.6. The Morgan fingerprint density at radius 1 is 1.10 bits per heavy atom. The molecule has 0 aliphatic carbocycles. The Bertz CT molecular complexity index is 1540. The number of aromatic nitrogens is 2. The Balaban J connectivity index is 1.59. The van der Waals surface area contributed by atoms with Crippen molar-refractivity contribution in [2.75, 3.05) is 10.2 Å². The van der Waals surface area contributed by atoms with Gasteiger partial charge in [0.05, 0.1) is 27.4 Å². The molecule has 2 N–H and O–H groups in total. The smallest absolute Gasteiger partial charge is 0.269 e. The zero-order valence-electron chi connectivity index (χ0n) is 21.1. The molecule has 0 radical (unpaired) electrons. The second kappa shape index (κ2) is 10.8. The van der Waals surface area contributed by atoms with Crippen LogP contribution in [0.15, 0.2) is 85.2 Å². The zero-order valence-corrected chi connectivity index (χ0v) is 22.7. The van der Waals surface area contributed by atoms with Crippen LogP contribution in [0.3, 0.4) is 0 Å². The summed E-state index contributed by atoms with van der Waals surface area (Å²) in [5, 5.41) is 18.3. The number of thiocarbonyl (C=S) groups is 1. The number of rotatable bonds is 7. The van der Waals surface area contributed by atoms with Crippen molar-refractivity contribution < 1.29 is 9.72 Å². The Kier molecular flexibility index (Phi) is 7.32. The maximum absolute atomic E-state index is 12.2. The van der Waals surface area contributed by atoms with Crippen molar-refractivity contribution in [1.82, 2.24) is 14.9 Å². The van der Waals surface area contributed by atoms with Gasteiger partial charge in [-0.25, -0.2) is 0 Å². The van der Waals surface area contributed by atoms with Crippen molar-refractivity contribution in [2.45, 2.75) is 25.9 Å². The number of hydrogen-bond acceptors (Lipinski definition) is 5. The molecule has 11 heteroatoms. The predicted molar refractivity (Wildman–Crippen MR) is 155 cm³/mol. The van der Waals surface area contributed by atoms with Gasteiger partial charge in [-0.3, -0.25) is 19.9 Å². The molecule has 9 nitrogen and oxygen atoms in total. The quantitative estimate of drug-likeness (QED) is 0.157. The molecule has 5 rings (SSSR count). The first-order valence-electron chi connectivity index (χ1n) is 12.3. The molecule has 1 fully saturated rings. The van der Waals surface area contributed by atoms with Gasteiger partial charge < -0.3 is 20.1 Å². The molecule has 0 unspecified atom stereocenters. The standard InChI is InChI=1S/C28H25ClN6O3S/c1-17(2)27(36)31-22-13-12-20(16-21(22)29)34-26(25(32-28(34)39)23-6-3-4-14-30-23)24-7-5-15-33(24)18-8-10-19(11-9-18)35(37)38/h3-17,25-26H,1-2H3,(H,31,36)(H,32,39)/t25-,26-/m1/s1. The van der Waals surface area contributed by atoms with Crippen LogP contribution in [0.25, 0.3) is 5.69 Å². The molecule has 39 heavy (non-hydrogen) atoms. The maximum Gasteiger partial charge on any atom is 0.269 e. The normalized spacial score (nSPS) is 16.8. The maximum atomic E-state index is 12.2. The largest absolute Gasteiger partial charge is 0.351 e. The van der Waals surface area contributed by atoms with Crippen molar-refractivity contribution in [1.29, 1.82) is 0 Å². The summed E-state index contributed by atoms with van der Waals surface area (Å²) >= 11 is 12.4. The van der Waals surface area contributed by atoms with Gasteiger partial charge in [0.25, 0.3) is 5.69 Å². The fourth-order valence-corrected chi connectivity index (χ4v) is 5.14. The fourth-order valence-electron chi connectivity index (χ4n) is 4.57. The minimum atomic E-state index is -0.421. The fraction of sp³-hybridized carbons (Fsp3) is 0.179. The van der Waals surface area contributed by atoms with Crippen molar-refractivity contribution in [2.24, 2.45) is 5.92 Å². The molecule has 1 aliphatic heterocycles. The molecular weight excluding hydrogens is 536 g/mol. The summed E-state index contributed by atoms with van der Waals surface area (Å²) in [6.07, 6.45) is 3.64. The number of nitrogens with zero attached hydrogens (tertiary/aromatic N) is 4. The second-order valence-corrected chi connectivity index (χ2v) is 10.2. The third-order valence-corrected chi connectivity index (χ3v) is 7.16. The first-order chi connectivity index (χ1) is 18.7. The summed E-state index contributed by atoms with van der Waals surface area (Å²) in [6, 6.07) is 20.8. The Morgan fingerprint density at radius 3 is 2.49 bits per heavy atom. The van der Waals surface area contributed by atoms with Gasteiger partial charge in [-0.05, 0) is 66.8 Å². The Morgan fingerprint density at radius 2 is 1.85 bits per heavy atom. The third-order valence-electron chi connectivity index (χ3n) is 6.53. The lowest BCUT2D eigenvalue weighted by atomic mass is 10.0. The van der Waals surface area contributed by atoms with Crippen molar-refractivity contribution in [3.8, 4) is 5.69 Å². The number of anilines is 2. The van der Waals surface area contributed by atoms with Gasteiger partial charge in [-0.1, -0.05) is 31.5 Å². The summed E-state index contributed by atoms with van der Waals surface area (Å²) in [5.74, 6) is -0.316. The van der Waals surface area contributed by atoms with E-state index in [0.717, 1.165) is 22.8 Å². The SMILES string of the molecule is CC(C)C(=O)Nc1ccc(N2C(=S)N[C@H](c3ccccn3)[C@H]2c2cccn2-c2ccc([N+](=O)[O-])cc2)cc1Cl. The summed E-state index contributed by atoms with van der Waals surface area (Å²) in [5.41, 5.74) is 3.73. The van der Waals surface area contributed by atoms with E-state index in [-0.39, 0.29) is 29.6 Å². The highest BCUT2D eigenvalue weighted by atomic mass is 35.5. The molecule has 1 aliphatic rings. The molecule has 2 atom stereocenters.